The molecule has 25 heavy (non-hydrogen) atoms. The second kappa shape index (κ2) is 6.77. The van der Waals surface area contributed by atoms with Crippen molar-refractivity contribution < 1.29 is 19.4 Å². The predicted molar refractivity (Wildman–Crippen MR) is 90.8 cm³/mol. The van der Waals surface area contributed by atoms with Crippen molar-refractivity contribution in [3.8, 4) is 0 Å². The molecule has 1 amide bonds. The molecule has 0 aliphatic carbocycles. The van der Waals surface area contributed by atoms with Gasteiger partial charge in [-0.25, -0.2) is 0 Å². The van der Waals surface area contributed by atoms with Gasteiger partial charge in [-0.15, -0.1) is 0 Å². The third-order valence-corrected chi connectivity index (χ3v) is 5.78. The van der Waals surface area contributed by atoms with Crippen LogP contribution < -0.4 is 0 Å². The molecule has 0 spiro atoms. The summed E-state index contributed by atoms with van der Waals surface area (Å²) in [7, 11) is 0. The molecule has 6 nitrogen and oxygen atoms in total. The molecular formula is C19H24N2O4. The topological polar surface area (TPSA) is 70.1 Å². The third-order valence-electron chi connectivity index (χ3n) is 5.78. The number of carbonyl (C=O) groups is 2. The average Bonchev–Trinajstić information content (AvgIpc) is 3.24. The molecule has 6 heteroatoms. The molecule has 3 fully saturated rings. The Balaban J connectivity index is 1.36. The van der Waals surface area contributed by atoms with Gasteiger partial charge in [0.1, 0.15) is 0 Å². The zero-order chi connectivity index (χ0) is 17.4. The van der Waals surface area contributed by atoms with Gasteiger partial charge in [-0.05, 0) is 18.4 Å². The summed E-state index contributed by atoms with van der Waals surface area (Å²) in [5.41, 5.74) is 1.27. The number of ether oxygens (including phenoxy) is 1. The first kappa shape index (κ1) is 16.5. The Bertz CT molecular complexity index is 642. The van der Waals surface area contributed by atoms with Crippen LogP contribution >= 0.6 is 0 Å². The van der Waals surface area contributed by atoms with Gasteiger partial charge in [0.25, 0.3) is 0 Å². The first-order valence-corrected chi connectivity index (χ1v) is 9.07. The van der Waals surface area contributed by atoms with E-state index in [9.17, 15) is 14.7 Å². The van der Waals surface area contributed by atoms with Crippen LogP contribution in [0.15, 0.2) is 30.3 Å². The molecule has 4 atom stereocenters. The number of piperazine rings is 1. The van der Waals surface area contributed by atoms with E-state index in [-0.39, 0.29) is 18.1 Å². The fourth-order valence-electron chi connectivity index (χ4n) is 4.48. The Hall–Kier alpha value is -1.92. The van der Waals surface area contributed by atoms with E-state index in [1.807, 2.05) is 23.1 Å². The van der Waals surface area contributed by atoms with Crippen molar-refractivity contribution in [2.75, 3.05) is 26.2 Å². The summed E-state index contributed by atoms with van der Waals surface area (Å²) in [5.74, 6) is -2.10. The Morgan fingerprint density at radius 2 is 1.64 bits per heavy atom. The number of fused-ring (bicyclic) bond motifs is 2. The molecule has 134 valence electrons. The molecule has 0 saturated carbocycles. The van der Waals surface area contributed by atoms with Gasteiger partial charge < -0.3 is 14.7 Å². The van der Waals surface area contributed by atoms with Crippen molar-refractivity contribution in [3.05, 3.63) is 35.9 Å². The molecule has 2 unspecified atom stereocenters. The number of hydrogen-bond donors (Lipinski definition) is 1. The van der Waals surface area contributed by atoms with Gasteiger partial charge in [0.05, 0.1) is 24.0 Å². The first-order chi connectivity index (χ1) is 12.1. The molecule has 3 heterocycles. The maximum atomic E-state index is 12.9. The van der Waals surface area contributed by atoms with Gasteiger partial charge in [0.15, 0.2) is 0 Å². The number of rotatable bonds is 4. The van der Waals surface area contributed by atoms with E-state index in [1.54, 1.807) is 0 Å². The summed E-state index contributed by atoms with van der Waals surface area (Å²) in [6.07, 6.45) is 1.08. The molecular weight excluding hydrogens is 320 g/mol. The highest BCUT2D eigenvalue weighted by Crippen LogP contribution is 2.44. The quantitative estimate of drug-likeness (QED) is 0.889. The minimum absolute atomic E-state index is 0.0287. The Morgan fingerprint density at radius 3 is 2.28 bits per heavy atom. The second-order valence-corrected chi connectivity index (χ2v) is 7.27. The first-order valence-electron chi connectivity index (χ1n) is 9.07. The standard InChI is InChI=1S/C19H24N2O4/c22-18(16-14-6-7-15(25-14)17(16)19(23)24)21-10-8-20(9-11-21)12-13-4-2-1-3-5-13/h1-5,14-17H,6-12H2,(H,23,24)/t14-,15-,16?,17?/m0/s1. The molecule has 3 saturated heterocycles. The van der Waals surface area contributed by atoms with Gasteiger partial charge in [-0.1, -0.05) is 30.3 Å². The number of carbonyl (C=O) groups excluding carboxylic acids is 1. The fraction of sp³-hybridized carbons (Fsp3) is 0.579. The molecule has 4 rings (SSSR count). The lowest BCUT2D eigenvalue weighted by Crippen LogP contribution is -2.53. The molecule has 2 bridgehead atoms. The predicted octanol–water partition coefficient (Wildman–Crippen LogP) is 1.21. The number of carboxylic acid groups (broad SMARTS) is 1. The lowest BCUT2D eigenvalue weighted by Gasteiger charge is -2.37. The molecule has 1 aromatic rings. The summed E-state index contributed by atoms with van der Waals surface area (Å²) in [5, 5.41) is 9.50. The number of hydrogen-bond acceptors (Lipinski definition) is 4. The van der Waals surface area contributed by atoms with Crippen molar-refractivity contribution in [1.82, 2.24) is 9.80 Å². The summed E-state index contributed by atoms with van der Waals surface area (Å²) in [6.45, 7) is 3.84. The van der Waals surface area contributed by atoms with E-state index in [2.05, 4.69) is 17.0 Å². The monoisotopic (exact) mass is 344 g/mol. The van der Waals surface area contributed by atoms with Crippen LogP contribution in [0.4, 0.5) is 0 Å². The van der Waals surface area contributed by atoms with Crippen LogP contribution in [0.25, 0.3) is 0 Å². The summed E-state index contributed by atoms with van der Waals surface area (Å²) >= 11 is 0. The summed E-state index contributed by atoms with van der Waals surface area (Å²) < 4.78 is 5.73. The van der Waals surface area contributed by atoms with Gasteiger partial charge >= 0.3 is 5.97 Å². The summed E-state index contributed by atoms with van der Waals surface area (Å²) in [4.78, 5) is 28.7. The van der Waals surface area contributed by atoms with E-state index in [1.165, 1.54) is 5.56 Å². The fourth-order valence-corrected chi connectivity index (χ4v) is 4.48. The third kappa shape index (κ3) is 3.16. The number of nitrogens with zero attached hydrogens (tertiary/aromatic N) is 2. The van der Waals surface area contributed by atoms with E-state index in [0.29, 0.717) is 13.1 Å². The van der Waals surface area contributed by atoms with Crippen LogP contribution in [0.2, 0.25) is 0 Å². The van der Waals surface area contributed by atoms with Crippen LogP contribution in [0.5, 0.6) is 0 Å². The van der Waals surface area contributed by atoms with Crippen molar-refractivity contribution in [1.29, 1.82) is 0 Å². The normalized spacial score (nSPS) is 32.1. The lowest BCUT2D eigenvalue weighted by atomic mass is 9.78. The van der Waals surface area contributed by atoms with Gasteiger partial charge in [-0.3, -0.25) is 14.5 Å². The molecule has 0 aromatic heterocycles. The Labute approximate surface area is 147 Å². The smallest absolute Gasteiger partial charge is 0.310 e. The van der Waals surface area contributed by atoms with Crippen molar-refractivity contribution >= 4 is 11.9 Å². The lowest BCUT2D eigenvalue weighted by molar-refractivity contribution is -0.151. The maximum absolute atomic E-state index is 12.9. The zero-order valence-corrected chi connectivity index (χ0v) is 14.2. The van der Waals surface area contributed by atoms with Crippen LogP contribution in [0, 0.1) is 11.8 Å². The SMILES string of the molecule is O=C(O)C1C(C(=O)N2CCN(Cc3ccccc3)CC2)[C@@H]2CC[C@@H]1O2. The average molecular weight is 344 g/mol. The van der Waals surface area contributed by atoms with Crippen LogP contribution in [0.3, 0.4) is 0 Å². The van der Waals surface area contributed by atoms with Crippen LogP contribution in [0.1, 0.15) is 18.4 Å². The number of aliphatic carboxylic acids is 1. The maximum Gasteiger partial charge on any atom is 0.310 e. The molecule has 3 aliphatic heterocycles. The number of carboxylic acids is 1. The molecule has 3 aliphatic rings. The number of amides is 1. The summed E-state index contributed by atoms with van der Waals surface area (Å²) in [6, 6.07) is 10.3. The number of benzene rings is 1. The highest BCUT2D eigenvalue weighted by atomic mass is 16.5. The Kier molecular flexibility index (Phi) is 4.48. The van der Waals surface area contributed by atoms with Crippen molar-refractivity contribution in [3.63, 3.8) is 0 Å². The zero-order valence-electron chi connectivity index (χ0n) is 14.2. The van der Waals surface area contributed by atoms with Gasteiger partial charge in [-0.2, -0.15) is 0 Å². The highest BCUT2D eigenvalue weighted by Gasteiger charge is 2.56. The minimum atomic E-state index is -0.895. The largest absolute Gasteiger partial charge is 0.481 e. The second-order valence-electron chi connectivity index (χ2n) is 7.27. The molecule has 0 radical (unpaired) electrons. The van der Waals surface area contributed by atoms with Crippen molar-refractivity contribution in [2.24, 2.45) is 11.8 Å². The van der Waals surface area contributed by atoms with Gasteiger partial charge in [0, 0.05) is 32.7 Å². The molecule has 1 aromatic carbocycles. The van der Waals surface area contributed by atoms with Gasteiger partial charge in [0.2, 0.25) is 5.91 Å². The minimum Gasteiger partial charge on any atom is -0.481 e. The van der Waals surface area contributed by atoms with Crippen molar-refractivity contribution in [2.45, 2.75) is 31.6 Å². The highest BCUT2D eigenvalue weighted by molar-refractivity contribution is 5.86. The van der Waals surface area contributed by atoms with Crippen LogP contribution in [-0.4, -0.2) is 65.2 Å². The van der Waals surface area contributed by atoms with E-state index >= 15 is 0 Å². The Morgan fingerprint density at radius 1 is 1.00 bits per heavy atom. The van der Waals surface area contributed by atoms with E-state index in [4.69, 9.17) is 4.74 Å². The molecule has 1 N–H and O–H groups in total. The van der Waals surface area contributed by atoms with Crippen LogP contribution in [-0.2, 0) is 20.9 Å². The van der Waals surface area contributed by atoms with E-state index < -0.39 is 17.8 Å². The van der Waals surface area contributed by atoms with E-state index in [0.717, 1.165) is 32.5 Å².